The normalized spacial score (nSPS) is 10.1. The Morgan fingerprint density at radius 3 is 2.69 bits per heavy atom. The van der Waals surface area contributed by atoms with Crippen molar-refractivity contribution in [3.63, 3.8) is 0 Å². The van der Waals surface area contributed by atoms with E-state index in [0.29, 0.717) is 12.0 Å². The van der Waals surface area contributed by atoms with E-state index < -0.39 is 17.8 Å². The lowest BCUT2D eigenvalue weighted by Gasteiger charge is -2.01. The summed E-state index contributed by atoms with van der Waals surface area (Å²) >= 11 is 0. The third-order valence-corrected chi connectivity index (χ3v) is 1.97. The molecule has 0 aliphatic rings. The van der Waals surface area contributed by atoms with Gasteiger partial charge in [0.1, 0.15) is 5.82 Å². The fraction of sp³-hybridized carbons (Fsp3) is 0.333. The molecule has 0 bridgehead atoms. The van der Waals surface area contributed by atoms with Crippen LogP contribution in [0.1, 0.15) is 24.0 Å². The molecule has 16 heavy (non-hydrogen) atoms. The van der Waals surface area contributed by atoms with Crippen molar-refractivity contribution in [2.75, 3.05) is 13.6 Å². The van der Waals surface area contributed by atoms with Crippen LogP contribution in [0.2, 0.25) is 0 Å². The molecule has 0 radical (unpaired) electrons. The predicted octanol–water partition coefficient (Wildman–Crippen LogP) is 2.72. The maximum absolute atomic E-state index is 13.1. The topological polar surface area (TPSA) is 12.0 Å². The number of benzene rings is 1. The van der Waals surface area contributed by atoms with Crippen LogP contribution in [-0.4, -0.2) is 13.6 Å². The van der Waals surface area contributed by atoms with Crippen LogP contribution in [0.15, 0.2) is 18.2 Å². The second kappa shape index (κ2) is 6.19. The monoisotopic (exact) mass is 227 g/mol. The molecule has 0 spiro atoms. The molecule has 0 heterocycles. The minimum atomic E-state index is -2.79. The smallest absolute Gasteiger partial charge is 0.266 e. The van der Waals surface area contributed by atoms with Gasteiger partial charge in [-0.15, -0.1) is 0 Å². The van der Waals surface area contributed by atoms with Crippen LogP contribution in [0, 0.1) is 17.7 Å². The zero-order valence-corrected chi connectivity index (χ0v) is 8.86. The van der Waals surface area contributed by atoms with E-state index in [1.807, 2.05) is 0 Å². The third kappa shape index (κ3) is 3.59. The number of alkyl halides is 2. The molecule has 0 saturated carbocycles. The molecule has 0 saturated heterocycles. The Morgan fingerprint density at radius 2 is 2.12 bits per heavy atom. The first-order chi connectivity index (χ1) is 7.65. The molecule has 0 amide bonds. The first-order valence-electron chi connectivity index (χ1n) is 4.86. The molecular weight excluding hydrogens is 215 g/mol. The second-order valence-electron chi connectivity index (χ2n) is 3.19. The highest BCUT2D eigenvalue weighted by Gasteiger charge is 2.12. The van der Waals surface area contributed by atoms with Crippen LogP contribution < -0.4 is 5.32 Å². The largest absolute Gasteiger partial charge is 0.319 e. The fourth-order valence-electron chi connectivity index (χ4n) is 1.13. The molecule has 0 aliphatic heterocycles. The molecule has 1 rings (SSSR count). The Hall–Kier alpha value is -1.47. The van der Waals surface area contributed by atoms with Crippen molar-refractivity contribution in [1.82, 2.24) is 5.32 Å². The van der Waals surface area contributed by atoms with Crippen molar-refractivity contribution in [3.8, 4) is 11.8 Å². The number of hydrogen-bond donors (Lipinski definition) is 1. The lowest BCUT2D eigenvalue weighted by Crippen LogP contribution is -2.05. The van der Waals surface area contributed by atoms with Gasteiger partial charge in [0.25, 0.3) is 6.43 Å². The van der Waals surface area contributed by atoms with Crippen molar-refractivity contribution < 1.29 is 13.2 Å². The molecule has 4 heteroatoms. The van der Waals surface area contributed by atoms with Crippen LogP contribution in [-0.2, 0) is 0 Å². The van der Waals surface area contributed by atoms with E-state index in [9.17, 15) is 13.2 Å². The molecule has 0 aliphatic carbocycles. The van der Waals surface area contributed by atoms with E-state index in [1.54, 1.807) is 7.05 Å². The molecular formula is C12H12F3N. The summed E-state index contributed by atoms with van der Waals surface area (Å²) in [7, 11) is 1.80. The summed E-state index contributed by atoms with van der Waals surface area (Å²) in [6.45, 7) is 0.741. The van der Waals surface area contributed by atoms with Crippen molar-refractivity contribution >= 4 is 0 Å². The van der Waals surface area contributed by atoms with Gasteiger partial charge < -0.3 is 5.32 Å². The molecule has 1 aromatic carbocycles. The summed E-state index contributed by atoms with van der Waals surface area (Å²) < 4.78 is 37.6. The summed E-state index contributed by atoms with van der Waals surface area (Å²) in [5.74, 6) is 4.62. The Bertz CT molecular complexity index is 404. The second-order valence-corrected chi connectivity index (χ2v) is 3.19. The van der Waals surface area contributed by atoms with E-state index in [4.69, 9.17) is 0 Å². The molecule has 0 aromatic heterocycles. The van der Waals surface area contributed by atoms with Crippen molar-refractivity contribution in [2.45, 2.75) is 12.8 Å². The molecule has 0 atom stereocenters. The van der Waals surface area contributed by atoms with Gasteiger partial charge in [0.05, 0.1) is 5.56 Å². The summed E-state index contributed by atoms with van der Waals surface area (Å²) in [4.78, 5) is 0. The summed E-state index contributed by atoms with van der Waals surface area (Å²) in [6.07, 6.45) is -2.15. The molecule has 86 valence electrons. The van der Waals surface area contributed by atoms with E-state index in [0.717, 1.165) is 18.7 Å². The first kappa shape index (κ1) is 12.6. The van der Waals surface area contributed by atoms with E-state index in [2.05, 4.69) is 17.2 Å². The van der Waals surface area contributed by atoms with Crippen LogP contribution in [0.3, 0.4) is 0 Å². The van der Waals surface area contributed by atoms with Crippen molar-refractivity contribution in [2.24, 2.45) is 0 Å². The SMILES string of the molecule is CNCCC#Cc1ccc(C(F)F)c(F)c1. The zero-order valence-electron chi connectivity index (χ0n) is 8.86. The molecule has 0 fully saturated rings. The summed E-state index contributed by atoms with van der Waals surface area (Å²) in [5, 5.41) is 2.91. The third-order valence-electron chi connectivity index (χ3n) is 1.97. The van der Waals surface area contributed by atoms with Gasteiger partial charge in [0, 0.05) is 18.5 Å². The summed E-state index contributed by atoms with van der Waals surface area (Å²) in [5.41, 5.74) is -0.168. The molecule has 1 N–H and O–H groups in total. The van der Waals surface area contributed by atoms with E-state index in [1.165, 1.54) is 6.07 Å². The van der Waals surface area contributed by atoms with Crippen LogP contribution in [0.5, 0.6) is 0 Å². The summed E-state index contributed by atoms with van der Waals surface area (Å²) in [6, 6.07) is 3.51. The highest BCUT2D eigenvalue weighted by atomic mass is 19.3. The Morgan fingerprint density at radius 1 is 1.38 bits per heavy atom. The van der Waals surface area contributed by atoms with Gasteiger partial charge in [0.15, 0.2) is 0 Å². The number of nitrogens with one attached hydrogen (secondary N) is 1. The van der Waals surface area contributed by atoms with E-state index in [-0.39, 0.29) is 0 Å². The van der Waals surface area contributed by atoms with Gasteiger partial charge in [0.2, 0.25) is 0 Å². The Labute approximate surface area is 92.7 Å². The average Bonchev–Trinajstić information content (AvgIpc) is 2.24. The number of rotatable bonds is 3. The van der Waals surface area contributed by atoms with Crippen LogP contribution in [0.4, 0.5) is 13.2 Å². The highest BCUT2D eigenvalue weighted by molar-refractivity contribution is 5.37. The Kier molecular flexibility index (Phi) is 4.87. The Balaban J connectivity index is 2.76. The zero-order chi connectivity index (χ0) is 12.0. The van der Waals surface area contributed by atoms with Crippen LogP contribution >= 0.6 is 0 Å². The van der Waals surface area contributed by atoms with E-state index >= 15 is 0 Å². The van der Waals surface area contributed by atoms with Gasteiger partial charge >= 0.3 is 0 Å². The minimum absolute atomic E-state index is 0.415. The standard InChI is InChI=1S/C12H12F3N/c1-16-7-3-2-4-9-5-6-10(12(14)15)11(13)8-9/h5-6,8,12,16H,3,7H2,1H3. The first-order valence-corrected chi connectivity index (χ1v) is 4.86. The number of hydrogen-bond acceptors (Lipinski definition) is 1. The highest BCUT2D eigenvalue weighted by Crippen LogP contribution is 2.22. The quantitative estimate of drug-likeness (QED) is 0.618. The van der Waals surface area contributed by atoms with Crippen molar-refractivity contribution in [3.05, 3.63) is 35.1 Å². The van der Waals surface area contributed by atoms with Gasteiger partial charge in [-0.05, 0) is 25.2 Å². The number of halogens is 3. The lowest BCUT2D eigenvalue weighted by atomic mass is 10.1. The van der Waals surface area contributed by atoms with Crippen LogP contribution in [0.25, 0.3) is 0 Å². The fourth-order valence-corrected chi connectivity index (χ4v) is 1.13. The lowest BCUT2D eigenvalue weighted by molar-refractivity contribution is 0.146. The molecule has 0 unspecified atom stereocenters. The predicted molar refractivity (Wildman–Crippen MR) is 56.8 cm³/mol. The molecule has 1 aromatic rings. The van der Waals surface area contributed by atoms with Crippen molar-refractivity contribution in [1.29, 1.82) is 0 Å². The average molecular weight is 227 g/mol. The van der Waals surface area contributed by atoms with Gasteiger partial charge in [-0.1, -0.05) is 11.8 Å². The maximum Gasteiger partial charge on any atom is 0.266 e. The maximum atomic E-state index is 13.1. The van der Waals surface area contributed by atoms with Gasteiger partial charge in [-0.2, -0.15) is 0 Å². The van der Waals surface area contributed by atoms with Gasteiger partial charge in [-0.3, -0.25) is 0 Å². The minimum Gasteiger partial charge on any atom is -0.319 e. The van der Waals surface area contributed by atoms with Gasteiger partial charge in [-0.25, -0.2) is 13.2 Å². The molecule has 1 nitrogen and oxygen atoms in total.